The fourth-order valence-electron chi connectivity index (χ4n) is 4.18. The van der Waals surface area contributed by atoms with Gasteiger partial charge in [-0.1, -0.05) is 24.6 Å². The third-order valence-corrected chi connectivity index (χ3v) is 5.73. The molecule has 6 nitrogen and oxygen atoms in total. The Morgan fingerprint density at radius 2 is 1.97 bits per heavy atom. The van der Waals surface area contributed by atoms with E-state index in [0.29, 0.717) is 13.0 Å². The van der Waals surface area contributed by atoms with Gasteiger partial charge < -0.3 is 14.5 Å². The molecule has 1 aromatic carbocycles. The molecule has 0 saturated carbocycles. The monoisotopic (exact) mass is 403 g/mol. The lowest BCUT2D eigenvalue weighted by Crippen LogP contribution is -2.24. The summed E-state index contributed by atoms with van der Waals surface area (Å²) >= 11 is 0. The summed E-state index contributed by atoms with van der Waals surface area (Å²) in [5.41, 5.74) is 4.44. The Balaban J connectivity index is 1.35. The van der Waals surface area contributed by atoms with E-state index in [1.807, 2.05) is 24.3 Å². The van der Waals surface area contributed by atoms with E-state index in [-0.39, 0.29) is 5.91 Å². The summed E-state index contributed by atoms with van der Waals surface area (Å²) in [5.74, 6) is 1.97. The van der Waals surface area contributed by atoms with E-state index in [0.717, 1.165) is 47.3 Å². The van der Waals surface area contributed by atoms with Gasteiger partial charge in [-0.25, -0.2) is 0 Å². The van der Waals surface area contributed by atoms with Gasteiger partial charge in [-0.05, 0) is 56.5 Å². The summed E-state index contributed by atoms with van der Waals surface area (Å²) in [4.78, 5) is 12.3. The maximum Gasteiger partial charge on any atom is 0.244 e. The molecule has 1 amide bonds. The number of aryl methyl sites for hydroxylation is 2. The van der Waals surface area contributed by atoms with Gasteiger partial charge in [0.05, 0.1) is 0 Å². The van der Waals surface area contributed by atoms with E-state index >= 15 is 0 Å². The minimum Gasteiger partial charge on any atom is -0.352 e. The van der Waals surface area contributed by atoms with Crippen LogP contribution in [0, 0.1) is 13.8 Å². The second-order valence-electron chi connectivity index (χ2n) is 7.87. The van der Waals surface area contributed by atoms with Gasteiger partial charge in [0.1, 0.15) is 11.6 Å². The molecule has 0 bridgehead atoms. The number of rotatable bonds is 6. The fourth-order valence-corrected chi connectivity index (χ4v) is 4.18. The number of nitrogens with one attached hydrogen (secondary N) is 1. The first-order valence-corrected chi connectivity index (χ1v) is 10.7. The standard InChI is InChI=1S/C24H29N5O/c1-18-17-20(19(2)29(18)21-9-5-3-6-10-21)12-13-24(30)25-15-14-23-27-26-22-11-7-4-8-16-28(22)23/h3,5-6,9-10,12-13,17H,4,7-8,11,14-16H2,1-2H3,(H,25,30). The van der Waals surface area contributed by atoms with Crippen molar-refractivity contribution in [2.75, 3.05) is 6.54 Å². The number of para-hydroxylation sites is 1. The Bertz CT molecular complexity index is 1050. The van der Waals surface area contributed by atoms with Crippen molar-refractivity contribution in [1.29, 1.82) is 0 Å². The van der Waals surface area contributed by atoms with Gasteiger partial charge in [0, 0.05) is 49.1 Å². The fraction of sp³-hybridized carbons (Fsp3) is 0.375. The zero-order valence-corrected chi connectivity index (χ0v) is 17.8. The molecule has 3 heterocycles. The smallest absolute Gasteiger partial charge is 0.244 e. The van der Waals surface area contributed by atoms with Gasteiger partial charge in [0.2, 0.25) is 5.91 Å². The van der Waals surface area contributed by atoms with E-state index in [2.05, 4.69) is 56.7 Å². The summed E-state index contributed by atoms with van der Waals surface area (Å²) in [6, 6.07) is 12.4. The van der Waals surface area contributed by atoms with Crippen molar-refractivity contribution in [2.24, 2.45) is 0 Å². The highest BCUT2D eigenvalue weighted by atomic mass is 16.1. The van der Waals surface area contributed by atoms with Crippen LogP contribution in [0.15, 0.2) is 42.5 Å². The molecule has 30 heavy (non-hydrogen) atoms. The lowest BCUT2D eigenvalue weighted by atomic mass is 10.2. The zero-order valence-electron chi connectivity index (χ0n) is 17.8. The number of nitrogens with zero attached hydrogens (tertiary/aromatic N) is 4. The molecule has 0 radical (unpaired) electrons. The second kappa shape index (κ2) is 9.11. The van der Waals surface area contributed by atoms with Crippen molar-refractivity contribution in [3.8, 4) is 5.69 Å². The molecule has 1 aliphatic rings. The van der Waals surface area contributed by atoms with Crippen LogP contribution in [-0.2, 0) is 24.2 Å². The van der Waals surface area contributed by atoms with Gasteiger partial charge in [-0.2, -0.15) is 0 Å². The quantitative estimate of drug-likeness (QED) is 0.637. The zero-order chi connectivity index (χ0) is 20.9. The van der Waals surface area contributed by atoms with Crippen molar-refractivity contribution in [2.45, 2.75) is 52.5 Å². The summed E-state index contributed by atoms with van der Waals surface area (Å²) in [7, 11) is 0. The van der Waals surface area contributed by atoms with Crippen LogP contribution in [-0.4, -0.2) is 31.8 Å². The molecule has 1 N–H and O–H groups in total. The van der Waals surface area contributed by atoms with Gasteiger partial charge in [-0.3, -0.25) is 4.79 Å². The molecule has 0 atom stereocenters. The minimum atomic E-state index is -0.0879. The maximum absolute atomic E-state index is 12.3. The van der Waals surface area contributed by atoms with E-state index < -0.39 is 0 Å². The van der Waals surface area contributed by atoms with Crippen LogP contribution in [0.25, 0.3) is 11.8 Å². The Morgan fingerprint density at radius 3 is 2.80 bits per heavy atom. The van der Waals surface area contributed by atoms with Crippen LogP contribution in [0.1, 0.15) is 47.9 Å². The topological polar surface area (TPSA) is 64.7 Å². The first-order chi connectivity index (χ1) is 14.6. The Morgan fingerprint density at radius 1 is 1.13 bits per heavy atom. The van der Waals surface area contributed by atoms with Gasteiger partial charge in [0.25, 0.3) is 0 Å². The maximum atomic E-state index is 12.3. The van der Waals surface area contributed by atoms with Crippen LogP contribution in [0.4, 0.5) is 0 Å². The third-order valence-electron chi connectivity index (χ3n) is 5.73. The number of fused-ring (bicyclic) bond motifs is 1. The normalized spacial score (nSPS) is 13.9. The van der Waals surface area contributed by atoms with Crippen molar-refractivity contribution in [3.05, 3.63) is 71.1 Å². The number of benzene rings is 1. The van der Waals surface area contributed by atoms with Crippen molar-refractivity contribution in [3.63, 3.8) is 0 Å². The van der Waals surface area contributed by atoms with Crippen molar-refractivity contribution < 1.29 is 4.79 Å². The predicted octanol–water partition coefficient (Wildman–Crippen LogP) is 3.78. The van der Waals surface area contributed by atoms with Crippen LogP contribution in [0.3, 0.4) is 0 Å². The molecule has 3 aromatic rings. The first kappa shape index (κ1) is 20.1. The average molecular weight is 404 g/mol. The molecule has 0 unspecified atom stereocenters. The predicted molar refractivity (Wildman–Crippen MR) is 119 cm³/mol. The van der Waals surface area contributed by atoms with Gasteiger partial charge in [0.15, 0.2) is 0 Å². The van der Waals surface area contributed by atoms with Crippen LogP contribution in [0.2, 0.25) is 0 Å². The Kier molecular flexibility index (Phi) is 6.12. The lowest BCUT2D eigenvalue weighted by molar-refractivity contribution is -0.116. The largest absolute Gasteiger partial charge is 0.352 e. The Hall–Kier alpha value is -3.15. The molecular formula is C24H29N5O. The number of amides is 1. The van der Waals surface area contributed by atoms with E-state index in [1.54, 1.807) is 6.08 Å². The van der Waals surface area contributed by atoms with Crippen molar-refractivity contribution >= 4 is 12.0 Å². The van der Waals surface area contributed by atoms with E-state index in [9.17, 15) is 4.79 Å². The minimum absolute atomic E-state index is 0.0879. The molecule has 4 rings (SSSR count). The highest BCUT2D eigenvalue weighted by Crippen LogP contribution is 2.21. The summed E-state index contributed by atoms with van der Waals surface area (Å²) < 4.78 is 4.43. The highest BCUT2D eigenvalue weighted by Gasteiger charge is 2.14. The first-order valence-electron chi connectivity index (χ1n) is 10.7. The van der Waals surface area contributed by atoms with Crippen molar-refractivity contribution in [1.82, 2.24) is 24.6 Å². The van der Waals surface area contributed by atoms with E-state index in [1.165, 1.54) is 19.3 Å². The SMILES string of the molecule is Cc1cc(C=CC(=O)NCCc2nnc3n2CCCCC3)c(C)n1-c1ccccc1. The van der Waals surface area contributed by atoms with Gasteiger partial charge >= 0.3 is 0 Å². The average Bonchev–Trinajstić information content (AvgIpc) is 3.15. The number of carbonyl (C=O) groups is 1. The number of hydrogen-bond donors (Lipinski definition) is 1. The molecule has 0 fully saturated rings. The molecule has 6 heteroatoms. The summed E-state index contributed by atoms with van der Waals surface area (Å²) in [6.07, 6.45) is 8.81. The third kappa shape index (κ3) is 4.37. The molecule has 0 saturated heterocycles. The Labute approximate surface area is 177 Å². The number of hydrogen-bond acceptors (Lipinski definition) is 3. The molecule has 1 aliphatic heterocycles. The molecule has 156 valence electrons. The molecular weight excluding hydrogens is 374 g/mol. The molecule has 2 aromatic heterocycles. The molecule has 0 spiro atoms. The van der Waals surface area contributed by atoms with Gasteiger partial charge in [-0.15, -0.1) is 10.2 Å². The van der Waals surface area contributed by atoms with E-state index in [4.69, 9.17) is 0 Å². The molecule has 0 aliphatic carbocycles. The summed E-state index contributed by atoms with van der Waals surface area (Å²) in [5, 5.41) is 11.6. The number of aromatic nitrogens is 4. The lowest BCUT2D eigenvalue weighted by Gasteiger charge is -2.09. The highest BCUT2D eigenvalue weighted by molar-refractivity contribution is 5.91. The van der Waals surface area contributed by atoms with Crippen LogP contribution >= 0.6 is 0 Å². The van der Waals surface area contributed by atoms with Crippen LogP contribution in [0.5, 0.6) is 0 Å². The van der Waals surface area contributed by atoms with Crippen LogP contribution < -0.4 is 5.32 Å². The number of carbonyl (C=O) groups excluding carboxylic acids is 1. The summed E-state index contributed by atoms with van der Waals surface area (Å²) in [6.45, 7) is 5.71. The second-order valence-corrected chi connectivity index (χ2v) is 7.87.